The summed E-state index contributed by atoms with van der Waals surface area (Å²) in [5.41, 5.74) is 2.13. The van der Waals surface area contributed by atoms with Crippen LogP contribution in [0.5, 0.6) is 0 Å². The van der Waals surface area contributed by atoms with Crippen molar-refractivity contribution in [3.63, 3.8) is 0 Å². The number of nitrogens with zero attached hydrogens (tertiary/aromatic N) is 2. The van der Waals surface area contributed by atoms with Crippen LogP contribution in [-0.2, 0) is 13.1 Å². The van der Waals surface area contributed by atoms with Crippen molar-refractivity contribution in [2.75, 3.05) is 6.54 Å². The van der Waals surface area contributed by atoms with Gasteiger partial charge in [0.1, 0.15) is 0 Å². The zero-order chi connectivity index (χ0) is 14.2. The molecule has 0 spiro atoms. The first-order valence-corrected chi connectivity index (χ1v) is 6.75. The molecule has 0 radical (unpaired) electrons. The predicted octanol–water partition coefficient (Wildman–Crippen LogP) is 2.81. The Morgan fingerprint density at radius 3 is 2.55 bits per heavy atom. The molecule has 1 aromatic heterocycles. The Balaban J connectivity index is 1.89. The SMILES string of the molecule is CCN(Cc1ccccc1)C(=O)NCc1cccnc1. The highest BCUT2D eigenvalue weighted by molar-refractivity contribution is 5.74. The third kappa shape index (κ3) is 4.09. The Morgan fingerprint density at radius 1 is 1.15 bits per heavy atom. The van der Waals surface area contributed by atoms with Crippen molar-refractivity contribution in [2.45, 2.75) is 20.0 Å². The van der Waals surface area contributed by atoms with Crippen LogP contribution in [0.3, 0.4) is 0 Å². The molecule has 0 unspecified atom stereocenters. The largest absolute Gasteiger partial charge is 0.334 e. The zero-order valence-corrected chi connectivity index (χ0v) is 11.6. The van der Waals surface area contributed by atoms with Gasteiger partial charge < -0.3 is 10.2 Å². The molecule has 0 fully saturated rings. The number of benzene rings is 1. The van der Waals surface area contributed by atoms with Crippen LogP contribution in [0.25, 0.3) is 0 Å². The lowest BCUT2D eigenvalue weighted by Crippen LogP contribution is -2.39. The summed E-state index contributed by atoms with van der Waals surface area (Å²) in [6, 6.07) is 13.7. The van der Waals surface area contributed by atoms with E-state index in [2.05, 4.69) is 10.3 Å². The summed E-state index contributed by atoms with van der Waals surface area (Å²) in [5.74, 6) is 0. The smallest absolute Gasteiger partial charge is 0.317 e. The second-order valence-electron chi connectivity index (χ2n) is 4.52. The molecular formula is C16H19N3O. The van der Waals surface area contributed by atoms with Crippen LogP contribution in [0.2, 0.25) is 0 Å². The van der Waals surface area contributed by atoms with Crippen LogP contribution in [0.15, 0.2) is 54.9 Å². The number of hydrogen-bond acceptors (Lipinski definition) is 2. The first-order chi connectivity index (χ1) is 9.79. The molecule has 0 aliphatic rings. The first-order valence-electron chi connectivity index (χ1n) is 6.75. The molecular weight excluding hydrogens is 250 g/mol. The van der Waals surface area contributed by atoms with Crippen molar-refractivity contribution in [1.29, 1.82) is 0 Å². The van der Waals surface area contributed by atoms with Gasteiger partial charge in [0.05, 0.1) is 0 Å². The summed E-state index contributed by atoms with van der Waals surface area (Å²) in [4.78, 5) is 18.0. The van der Waals surface area contributed by atoms with E-state index in [1.165, 1.54) is 0 Å². The first kappa shape index (κ1) is 14.1. The number of carbonyl (C=O) groups is 1. The second-order valence-corrected chi connectivity index (χ2v) is 4.52. The van der Waals surface area contributed by atoms with Gasteiger partial charge in [0, 0.05) is 32.0 Å². The van der Waals surface area contributed by atoms with Crippen molar-refractivity contribution in [2.24, 2.45) is 0 Å². The number of aromatic nitrogens is 1. The molecule has 0 aliphatic heterocycles. The molecule has 0 saturated carbocycles. The fraction of sp³-hybridized carbons (Fsp3) is 0.250. The normalized spacial score (nSPS) is 10.1. The molecule has 2 rings (SSSR count). The average Bonchev–Trinajstić information content (AvgIpc) is 2.52. The van der Waals surface area contributed by atoms with E-state index in [0.29, 0.717) is 19.6 Å². The van der Waals surface area contributed by atoms with Crippen LogP contribution in [0.4, 0.5) is 4.79 Å². The predicted molar refractivity (Wildman–Crippen MR) is 79.0 cm³/mol. The molecule has 0 saturated heterocycles. The second kappa shape index (κ2) is 7.28. The summed E-state index contributed by atoms with van der Waals surface area (Å²) in [7, 11) is 0. The van der Waals surface area contributed by atoms with Crippen molar-refractivity contribution in [3.8, 4) is 0 Å². The summed E-state index contributed by atoms with van der Waals surface area (Å²) in [6.45, 7) is 3.77. The van der Waals surface area contributed by atoms with Gasteiger partial charge in [0.2, 0.25) is 0 Å². The van der Waals surface area contributed by atoms with E-state index >= 15 is 0 Å². The maximum atomic E-state index is 12.1. The molecule has 1 aromatic carbocycles. The van der Waals surface area contributed by atoms with E-state index < -0.39 is 0 Å². The maximum Gasteiger partial charge on any atom is 0.317 e. The van der Waals surface area contributed by atoms with Crippen LogP contribution >= 0.6 is 0 Å². The summed E-state index contributed by atoms with van der Waals surface area (Å²) < 4.78 is 0. The highest BCUT2D eigenvalue weighted by Gasteiger charge is 2.11. The van der Waals surface area contributed by atoms with Crippen LogP contribution in [-0.4, -0.2) is 22.5 Å². The fourth-order valence-electron chi connectivity index (χ4n) is 1.92. The molecule has 1 N–H and O–H groups in total. The number of rotatable bonds is 5. The van der Waals surface area contributed by atoms with Gasteiger partial charge in [-0.3, -0.25) is 4.98 Å². The molecule has 104 valence electrons. The minimum Gasteiger partial charge on any atom is -0.334 e. The number of carbonyl (C=O) groups excluding carboxylic acids is 1. The van der Waals surface area contributed by atoms with E-state index in [9.17, 15) is 4.79 Å². The molecule has 1 heterocycles. The van der Waals surface area contributed by atoms with E-state index in [0.717, 1.165) is 11.1 Å². The fourth-order valence-corrected chi connectivity index (χ4v) is 1.92. The lowest BCUT2D eigenvalue weighted by molar-refractivity contribution is 0.197. The van der Waals surface area contributed by atoms with E-state index in [1.54, 1.807) is 17.3 Å². The van der Waals surface area contributed by atoms with E-state index in [4.69, 9.17) is 0 Å². The number of amides is 2. The number of nitrogens with one attached hydrogen (secondary N) is 1. The van der Waals surface area contributed by atoms with Gasteiger partial charge in [-0.25, -0.2) is 4.79 Å². The number of urea groups is 1. The van der Waals surface area contributed by atoms with Gasteiger partial charge in [-0.1, -0.05) is 36.4 Å². The van der Waals surface area contributed by atoms with E-state index in [1.807, 2.05) is 49.4 Å². The quantitative estimate of drug-likeness (QED) is 0.907. The summed E-state index contributed by atoms with van der Waals surface area (Å²) >= 11 is 0. The van der Waals surface area contributed by atoms with Gasteiger partial charge in [-0.2, -0.15) is 0 Å². The number of hydrogen-bond donors (Lipinski definition) is 1. The van der Waals surface area contributed by atoms with Gasteiger partial charge >= 0.3 is 6.03 Å². The van der Waals surface area contributed by atoms with Gasteiger partial charge in [-0.05, 0) is 24.1 Å². The van der Waals surface area contributed by atoms with Crippen molar-refractivity contribution in [1.82, 2.24) is 15.2 Å². The molecule has 2 amide bonds. The maximum absolute atomic E-state index is 12.1. The Kier molecular flexibility index (Phi) is 5.12. The molecule has 0 atom stereocenters. The lowest BCUT2D eigenvalue weighted by Gasteiger charge is -2.21. The highest BCUT2D eigenvalue weighted by atomic mass is 16.2. The van der Waals surface area contributed by atoms with Gasteiger partial charge in [0.25, 0.3) is 0 Å². The lowest BCUT2D eigenvalue weighted by atomic mass is 10.2. The zero-order valence-electron chi connectivity index (χ0n) is 11.6. The van der Waals surface area contributed by atoms with Crippen molar-refractivity contribution in [3.05, 3.63) is 66.0 Å². The third-order valence-electron chi connectivity index (χ3n) is 3.05. The molecule has 0 bridgehead atoms. The Hall–Kier alpha value is -2.36. The van der Waals surface area contributed by atoms with Gasteiger partial charge in [0.15, 0.2) is 0 Å². The topological polar surface area (TPSA) is 45.2 Å². The number of pyridine rings is 1. The van der Waals surface area contributed by atoms with Crippen LogP contribution in [0.1, 0.15) is 18.1 Å². The summed E-state index contributed by atoms with van der Waals surface area (Å²) in [6.07, 6.45) is 3.48. The van der Waals surface area contributed by atoms with Crippen molar-refractivity contribution < 1.29 is 4.79 Å². The molecule has 20 heavy (non-hydrogen) atoms. The Morgan fingerprint density at radius 2 is 1.90 bits per heavy atom. The Bertz CT molecular complexity index is 528. The minimum absolute atomic E-state index is 0.0554. The monoisotopic (exact) mass is 269 g/mol. The Labute approximate surface area is 119 Å². The molecule has 4 heteroatoms. The van der Waals surface area contributed by atoms with E-state index in [-0.39, 0.29) is 6.03 Å². The third-order valence-corrected chi connectivity index (χ3v) is 3.05. The molecule has 0 aliphatic carbocycles. The minimum atomic E-state index is -0.0554. The molecule has 2 aromatic rings. The van der Waals surface area contributed by atoms with Crippen LogP contribution in [0, 0.1) is 0 Å². The summed E-state index contributed by atoms with van der Waals surface area (Å²) in [5, 5.41) is 2.92. The average molecular weight is 269 g/mol. The van der Waals surface area contributed by atoms with Crippen molar-refractivity contribution >= 4 is 6.03 Å². The van der Waals surface area contributed by atoms with Crippen LogP contribution < -0.4 is 5.32 Å². The molecule has 4 nitrogen and oxygen atoms in total. The highest BCUT2D eigenvalue weighted by Crippen LogP contribution is 2.05. The standard InChI is InChI=1S/C16H19N3O/c1-2-19(13-14-7-4-3-5-8-14)16(20)18-12-15-9-6-10-17-11-15/h3-11H,2,12-13H2,1H3,(H,18,20). The van der Waals surface area contributed by atoms with Gasteiger partial charge in [-0.15, -0.1) is 0 Å².